The van der Waals surface area contributed by atoms with Gasteiger partial charge < -0.3 is 0 Å². The molecule has 0 nitrogen and oxygen atoms in total. The van der Waals surface area contributed by atoms with E-state index in [2.05, 4.69) is 25.6 Å². The summed E-state index contributed by atoms with van der Waals surface area (Å²) in [6, 6.07) is 0. The molecule has 0 aliphatic carbocycles. The number of unbranched alkanes of at least 4 members (excludes halogenated alkanes) is 9. The minimum atomic E-state index is 1.12. The highest BCUT2D eigenvalue weighted by atomic mass is 32.2. The Balaban J connectivity index is 2.83. The first-order valence-corrected chi connectivity index (χ1v) is 8.44. The predicted molar refractivity (Wildman–Crippen MR) is 79.1 cm³/mol. The average Bonchev–Trinajstić information content (AvgIpc) is 2.31. The van der Waals surface area contributed by atoms with Crippen molar-refractivity contribution in [2.24, 2.45) is 0 Å². The second-order valence-electron chi connectivity index (χ2n) is 4.65. The lowest BCUT2D eigenvalue weighted by atomic mass is 10.1. The highest BCUT2D eigenvalue weighted by molar-refractivity contribution is 7.99. The van der Waals surface area contributed by atoms with Crippen LogP contribution >= 0.6 is 11.8 Å². The molecule has 0 saturated carbocycles. The fourth-order valence-corrected chi connectivity index (χ4v) is 2.84. The highest BCUT2D eigenvalue weighted by Crippen LogP contribution is 2.12. The number of hydrogen-bond acceptors (Lipinski definition) is 1. The van der Waals surface area contributed by atoms with E-state index in [4.69, 9.17) is 0 Å². The molecule has 0 aromatic carbocycles. The topological polar surface area (TPSA) is 0 Å². The molecule has 0 saturated heterocycles. The summed E-state index contributed by atoms with van der Waals surface area (Å²) in [7, 11) is 0. The van der Waals surface area contributed by atoms with Crippen molar-refractivity contribution in [2.75, 3.05) is 11.5 Å². The first kappa shape index (κ1) is 16.4. The van der Waals surface area contributed by atoms with Crippen LogP contribution < -0.4 is 0 Å². The second-order valence-corrected chi connectivity index (χ2v) is 5.87. The zero-order valence-electron chi connectivity index (χ0n) is 11.3. The van der Waals surface area contributed by atoms with Crippen LogP contribution in [0.4, 0.5) is 0 Å². The molecular formula is C15H31S. The van der Waals surface area contributed by atoms with Crippen LogP contribution in [0.25, 0.3) is 0 Å². The van der Waals surface area contributed by atoms with Crippen LogP contribution in [0.3, 0.4) is 0 Å². The van der Waals surface area contributed by atoms with Crippen molar-refractivity contribution in [3.63, 3.8) is 0 Å². The summed E-state index contributed by atoms with van der Waals surface area (Å²) in [6.45, 7) is 6.15. The molecule has 0 fully saturated rings. The van der Waals surface area contributed by atoms with E-state index in [0.29, 0.717) is 0 Å². The molecule has 0 N–H and O–H groups in total. The fourth-order valence-electron chi connectivity index (χ4n) is 1.82. The van der Waals surface area contributed by atoms with E-state index in [1.165, 1.54) is 75.7 Å². The van der Waals surface area contributed by atoms with E-state index >= 15 is 0 Å². The second kappa shape index (κ2) is 15.4. The number of thioether (sulfide) groups is 1. The van der Waals surface area contributed by atoms with E-state index < -0.39 is 0 Å². The van der Waals surface area contributed by atoms with E-state index in [1.54, 1.807) is 0 Å². The first-order chi connectivity index (χ1) is 7.91. The predicted octanol–water partition coefficient (Wildman–Crippen LogP) is 5.86. The van der Waals surface area contributed by atoms with Crippen molar-refractivity contribution in [3.8, 4) is 0 Å². The Kier molecular flexibility index (Phi) is 15.7. The summed E-state index contributed by atoms with van der Waals surface area (Å²) in [5.41, 5.74) is 0. The van der Waals surface area contributed by atoms with Gasteiger partial charge in [-0.25, -0.2) is 0 Å². The molecule has 0 heterocycles. The summed E-state index contributed by atoms with van der Waals surface area (Å²) in [6.07, 6.45) is 15.2. The first-order valence-electron chi connectivity index (χ1n) is 7.28. The normalized spacial score (nSPS) is 10.9. The monoisotopic (exact) mass is 243 g/mol. The lowest BCUT2D eigenvalue weighted by Crippen LogP contribution is -1.86. The summed E-state index contributed by atoms with van der Waals surface area (Å²) in [5, 5.41) is 0. The maximum atomic E-state index is 3.87. The minimum absolute atomic E-state index is 1.12. The molecule has 0 aromatic heterocycles. The Morgan fingerprint density at radius 3 is 1.75 bits per heavy atom. The van der Waals surface area contributed by atoms with Crippen LogP contribution in [0.5, 0.6) is 0 Å². The average molecular weight is 243 g/mol. The van der Waals surface area contributed by atoms with Crippen molar-refractivity contribution >= 4 is 11.8 Å². The van der Waals surface area contributed by atoms with Gasteiger partial charge in [0.05, 0.1) is 0 Å². The van der Waals surface area contributed by atoms with Gasteiger partial charge in [0.1, 0.15) is 0 Å². The van der Waals surface area contributed by atoms with E-state index in [-0.39, 0.29) is 0 Å². The molecule has 0 aromatic rings. The van der Waals surface area contributed by atoms with E-state index in [1.807, 2.05) is 0 Å². The van der Waals surface area contributed by atoms with Gasteiger partial charge in [-0.15, -0.1) is 0 Å². The maximum Gasteiger partial charge on any atom is -0.00675 e. The molecule has 0 unspecified atom stereocenters. The van der Waals surface area contributed by atoms with Crippen molar-refractivity contribution in [1.82, 2.24) is 0 Å². The molecular weight excluding hydrogens is 212 g/mol. The zero-order chi connectivity index (χ0) is 11.9. The molecule has 0 aliphatic heterocycles. The molecule has 0 amide bonds. The van der Waals surface area contributed by atoms with Crippen molar-refractivity contribution in [1.29, 1.82) is 0 Å². The van der Waals surface area contributed by atoms with Crippen LogP contribution in [-0.4, -0.2) is 11.5 Å². The van der Waals surface area contributed by atoms with Gasteiger partial charge in [-0.2, -0.15) is 11.8 Å². The Bertz CT molecular complexity index is 98.0. The van der Waals surface area contributed by atoms with Crippen LogP contribution in [0.2, 0.25) is 0 Å². The van der Waals surface area contributed by atoms with Gasteiger partial charge in [-0.3, -0.25) is 0 Å². The molecule has 0 rings (SSSR count). The minimum Gasteiger partial charge on any atom is -0.162 e. The third kappa shape index (κ3) is 14.4. The lowest BCUT2D eigenvalue weighted by molar-refractivity contribution is 0.612. The molecule has 0 bridgehead atoms. The molecule has 1 heteroatoms. The summed E-state index contributed by atoms with van der Waals surface area (Å²) < 4.78 is 0. The van der Waals surface area contributed by atoms with Gasteiger partial charge in [0.25, 0.3) is 0 Å². The van der Waals surface area contributed by atoms with E-state index in [9.17, 15) is 0 Å². The Labute approximate surface area is 108 Å². The van der Waals surface area contributed by atoms with Gasteiger partial charge in [0.15, 0.2) is 0 Å². The SMILES string of the molecule is [CH2]CCCCCCCCSCCCCCC. The molecule has 0 atom stereocenters. The van der Waals surface area contributed by atoms with Crippen LogP contribution in [0.15, 0.2) is 0 Å². The lowest BCUT2D eigenvalue weighted by Gasteiger charge is -2.02. The Morgan fingerprint density at radius 1 is 0.688 bits per heavy atom. The quantitative estimate of drug-likeness (QED) is 0.365. The Hall–Kier alpha value is 0.350. The zero-order valence-corrected chi connectivity index (χ0v) is 12.1. The van der Waals surface area contributed by atoms with Gasteiger partial charge in [-0.1, -0.05) is 71.6 Å². The number of rotatable bonds is 13. The standard InChI is InChI=1S/C15H31S/c1-3-5-7-9-10-11-13-15-16-14-12-8-6-4-2/h1,3-15H2,2H3. The van der Waals surface area contributed by atoms with Gasteiger partial charge in [0, 0.05) is 0 Å². The third-order valence-electron chi connectivity index (χ3n) is 2.93. The molecule has 0 aliphatic rings. The van der Waals surface area contributed by atoms with Crippen molar-refractivity contribution in [2.45, 2.75) is 77.6 Å². The summed E-state index contributed by atoms with van der Waals surface area (Å²) in [4.78, 5) is 0. The third-order valence-corrected chi connectivity index (χ3v) is 4.09. The fraction of sp³-hybridized carbons (Fsp3) is 0.933. The largest absolute Gasteiger partial charge is 0.162 e. The summed E-state index contributed by atoms with van der Waals surface area (Å²) in [5.74, 6) is 2.78. The van der Waals surface area contributed by atoms with E-state index in [0.717, 1.165) is 6.42 Å². The molecule has 1 radical (unpaired) electrons. The van der Waals surface area contributed by atoms with Gasteiger partial charge in [-0.05, 0) is 24.3 Å². The summed E-state index contributed by atoms with van der Waals surface area (Å²) >= 11 is 2.16. The molecule has 16 heavy (non-hydrogen) atoms. The van der Waals surface area contributed by atoms with Crippen LogP contribution in [0.1, 0.15) is 77.6 Å². The van der Waals surface area contributed by atoms with Crippen molar-refractivity contribution < 1.29 is 0 Å². The van der Waals surface area contributed by atoms with Crippen molar-refractivity contribution in [3.05, 3.63) is 6.92 Å². The maximum absolute atomic E-state index is 3.87. The molecule has 0 spiro atoms. The highest BCUT2D eigenvalue weighted by Gasteiger charge is 1.92. The Morgan fingerprint density at radius 2 is 1.19 bits per heavy atom. The van der Waals surface area contributed by atoms with Gasteiger partial charge in [0.2, 0.25) is 0 Å². The number of hydrogen-bond donors (Lipinski definition) is 0. The molecule has 97 valence electrons. The van der Waals surface area contributed by atoms with Crippen LogP contribution in [0, 0.1) is 6.92 Å². The van der Waals surface area contributed by atoms with Gasteiger partial charge >= 0.3 is 0 Å². The van der Waals surface area contributed by atoms with Crippen LogP contribution in [-0.2, 0) is 0 Å². The smallest absolute Gasteiger partial charge is 0.00675 e.